The van der Waals surface area contributed by atoms with Crippen molar-refractivity contribution in [2.75, 3.05) is 13.2 Å². The molecular weight excluding hydrogens is 360 g/mol. The van der Waals surface area contributed by atoms with Gasteiger partial charge in [0.15, 0.2) is 0 Å². The number of ether oxygens (including phenoxy) is 2. The van der Waals surface area contributed by atoms with Crippen LogP contribution in [0.2, 0.25) is 0 Å². The molecule has 2 aromatic heterocycles. The molecule has 2 aliphatic heterocycles. The van der Waals surface area contributed by atoms with Crippen molar-refractivity contribution in [3.8, 4) is 0 Å². The molecule has 1 saturated carbocycles. The first-order valence-corrected chi connectivity index (χ1v) is 10.4. The summed E-state index contributed by atoms with van der Waals surface area (Å²) in [6.07, 6.45) is 11.3. The first-order valence-electron chi connectivity index (χ1n) is 10.4. The number of aromatic nitrogens is 4. The summed E-state index contributed by atoms with van der Waals surface area (Å²) in [6.45, 7) is 1.05. The summed E-state index contributed by atoms with van der Waals surface area (Å²) in [7, 11) is 0. The smallest absolute Gasteiger partial charge is 0.202 e. The van der Waals surface area contributed by atoms with E-state index in [4.69, 9.17) is 14.0 Å². The molecule has 0 unspecified atom stereocenters. The lowest BCUT2D eigenvalue weighted by molar-refractivity contribution is 0.0581. The summed E-state index contributed by atoms with van der Waals surface area (Å²) in [5, 5.41) is 12.4. The van der Waals surface area contributed by atoms with E-state index in [9.17, 15) is 4.79 Å². The van der Waals surface area contributed by atoms with Crippen LogP contribution in [-0.4, -0.2) is 51.4 Å². The van der Waals surface area contributed by atoms with Gasteiger partial charge in [-0.1, -0.05) is 42.5 Å². The number of rotatable bonds is 6. The Hall–Kier alpha value is -2.06. The van der Waals surface area contributed by atoms with Crippen molar-refractivity contribution in [1.82, 2.24) is 20.2 Å². The summed E-state index contributed by atoms with van der Waals surface area (Å²) in [6, 6.07) is 1.61. The van der Waals surface area contributed by atoms with Crippen LogP contribution in [0.4, 0.5) is 0 Å². The highest BCUT2D eigenvalue weighted by Gasteiger charge is 2.49. The number of hydrogen-bond donors (Lipinski definition) is 0. The maximum Gasteiger partial charge on any atom is 0.202 e. The fourth-order valence-corrected chi connectivity index (χ4v) is 4.91. The lowest BCUT2D eigenvalue weighted by Gasteiger charge is -2.20. The van der Waals surface area contributed by atoms with Gasteiger partial charge in [-0.3, -0.25) is 4.79 Å². The Morgan fingerprint density at radius 3 is 2.82 bits per heavy atom. The van der Waals surface area contributed by atoms with Gasteiger partial charge >= 0.3 is 0 Å². The molecule has 2 saturated heterocycles. The van der Waals surface area contributed by atoms with Crippen LogP contribution in [-0.2, 0) is 15.9 Å². The summed E-state index contributed by atoms with van der Waals surface area (Å²) in [5.41, 5.74) is 1.06. The Labute approximate surface area is 163 Å². The minimum absolute atomic E-state index is 0.0167. The minimum atomic E-state index is -0.0946. The van der Waals surface area contributed by atoms with E-state index in [0.29, 0.717) is 25.4 Å². The van der Waals surface area contributed by atoms with Gasteiger partial charge in [0, 0.05) is 24.6 Å². The molecule has 0 radical (unpaired) electrons. The Balaban J connectivity index is 1.21. The van der Waals surface area contributed by atoms with E-state index in [1.54, 1.807) is 6.07 Å². The molecular formula is C20H26N4O4. The van der Waals surface area contributed by atoms with Gasteiger partial charge < -0.3 is 14.0 Å². The van der Waals surface area contributed by atoms with Crippen LogP contribution in [0.25, 0.3) is 0 Å². The van der Waals surface area contributed by atoms with Gasteiger partial charge in [-0.05, 0) is 12.3 Å². The minimum Gasteiger partial charge on any atom is -0.373 e. The largest absolute Gasteiger partial charge is 0.373 e. The van der Waals surface area contributed by atoms with E-state index in [1.165, 1.54) is 38.3 Å². The van der Waals surface area contributed by atoms with Crippen LogP contribution in [0, 0.1) is 11.8 Å². The predicted octanol–water partition coefficient (Wildman–Crippen LogP) is 2.62. The van der Waals surface area contributed by atoms with Gasteiger partial charge in [0.1, 0.15) is 12.1 Å². The average molecular weight is 386 g/mol. The molecule has 4 atom stereocenters. The van der Waals surface area contributed by atoms with Crippen LogP contribution in [0.15, 0.2) is 23.0 Å². The topological polar surface area (TPSA) is 92.3 Å². The van der Waals surface area contributed by atoms with E-state index < -0.39 is 0 Å². The molecule has 0 N–H and O–H groups in total. The highest BCUT2D eigenvalue weighted by molar-refractivity contribution is 5.93. The van der Waals surface area contributed by atoms with Crippen LogP contribution in [0.3, 0.4) is 0 Å². The third kappa shape index (κ3) is 3.51. The third-order valence-corrected chi connectivity index (χ3v) is 6.41. The Morgan fingerprint density at radius 2 is 2.00 bits per heavy atom. The monoisotopic (exact) mass is 386 g/mol. The number of fused-ring (bicyclic) bond motifs is 1. The second-order valence-corrected chi connectivity index (χ2v) is 8.33. The SMILES string of the molecule is O=C(C[C@H]1CO[C@H]2[C@@H]1OC[C@@H]2n1cc(CC2CCCCC2)nn1)c1ccno1. The number of nitrogens with zero attached hydrogens (tertiary/aromatic N) is 4. The molecule has 0 aromatic carbocycles. The fourth-order valence-electron chi connectivity index (χ4n) is 4.91. The third-order valence-electron chi connectivity index (χ3n) is 6.41. The lowest BCUT2D eigenvalue weighted by atomic mass is 9.86. The maximum absolute atomic E-state index is 12.3. The molecule has 150 valence electrons. The summed E-state index contributed by atoms with van der Waals surface area (Å²) >= 11 is 0. The number of ketones is 1. The van der Waals surface area contributed by atoms with Crippen molar-refractivity contribution in [2.45, 2.75) is 63.2 Å². The van der Waals surface area contributed by atoms with Crippen LogP contribution in [0.5, 0.6) is 0 Å². The number of carbonyl (C=O) groups is 1. The van der Waals surface area contributed by atoms with Crippen molar-refractivity contribution in [3.63, 3.8) is 0 Å². The van der Waals surface area contributed by atoms with Crippen molar-refractivity contribution in [2.24, 2.45) is 11.8 Å². The van der Waals surface area contributed by atoms with E-state index in [0.717, 1.165) is 18.0 Å². The van der Waals surface area contributed by atoms with Gasteiger partial charge in [-0.15, -0.1) is 5.10 Å². The molecule has 4 heterocycles. The molecule has 2 aromatic rings. The van der Waals surface area contributed by atoms with E-state index in [-0.39, 0.29) is 30.0 Å². The number of hydrogen-bond acceptors (Lipinski definition) is 7. The summed E-state index contributed by atoms with van der Waals surface area (Å²) in [5.74, 6) is 0.995. The molecule has 5 rings (SSSR count). The van der Waals surface area contributed by atoms with Crippen molar-refractivity contribution < 1.29 is 18.8 Å². The first kappa shape index (κ1) is 18.0. The second kappa shape index (κ2) is 7.75. The average Bonchev–Trinajstić information content (AvgIpc) is 3.49. The molecule has 3 fully saturated rings. The fraction of sp³-hybridized carbons (Fsp3) is 0.700. The van der Waals surface area contributed by atoms with Crippen molar-refractivity contribution in [3.05, 3.63) is 29.9 Å². The normalized spacial score (nSPS) is 30.6. The maximum atomic E-state index is 12.3. The Kier molecular flexibility index (Phi) is 4.98. The lowest BCUT2D eigenvalue weighted by Crippen LogP contribution is -2.29. The number of carbonyl (C=O) groups excluding carboxylic acids is 1. The molecule has 0 spiro atoms. The summed E-state index contributed by atoms with van der Waals surface area (Å²) < 4.78 is 18.9. The zero-order chi connectivity index (χ0) is 18.9. The quantitative estimate of drug-likeness (QED) is 0.705. The van der Waals surface area contributed by atoms with Gasteiger partial charge in [0.05, 0.1) is 31.2 Å². The van der Waals surface area contributed by atoms with E-state index >= 15 is 0 Å². The Morgan fingerprint density at radius 1 is 1.14 bits per heavy atom. The van der Waals surface area contributed by atoms with Crippen LogP contribution < -0.4 is 0 Å². The highest BCUT2D eigenvalue weighted by Crippen LogP contribution is 2.38. The van der Waals surface area contributed by atoms with Crippen LogP contribution in [0.1, 0.15) is 60.8 Å². The molecule has 3 aliphatic rings. The molecule has 0 bridgehead atoms. The molecule has 1 aliphatic carbocycles. The van der Waals surface area contributed by atoms with Crippen molar-refractivity contribution in [1.29, 1.82) is 0 Å². The zero-order valence-corrected chi connectivity index (χ0v) is 15.9. The van der Waals surface area contributed by atoms with Gasteiger partial charge in [0.2, 0.25) is 11.5 Å². The van der Waals surface area contributed by atoms with Gasteiger partial charge in [-0.25, -0.2) is 4.68 Å². The van der Waals surface area contributed by atoms with E-state index in [1.807, 2.05) is 4.68 Å². The van der Waals surface area contributed by atoms with Gasteiger partial charge in [0.25, 0.3) is 0 Å². The standard InChI is InChI=1S/C20H26N4O4/c25-17(18-6-7-21-28-18)9-14-11-26-20-16(12-27-19(14)20)24-10-15(22-23-24)8-13-4-2-1-3-5-13/h6-7,10,13-14,16,19-20H,1-5,8-9,11-12H2/t14-,16-,19+,20+/m0/s1. The van der Waals surface area contributed by atoms with Gasteiger partial charge in [-0.2, -0.15) is 0 Å². The van der Waals surface area contributed by atoms with E-state index in [2.05, 4.69) is 21.7 Å². The predicted molar refractivity (Wildman–Crippen MR) is 97.8 cm³/mol. The van der Waals surface area contributed by atoms with Crippen LogP contribution >= 0.6 is 0 Å². The highest BCUT2D eigenvalue weighted by atomic mass is 16.6. The number of Topliss-reactive ketones (excluding diaryl/α,β-unsaturated/α-hetero) is 1. The molecule has 0 amide bonds. The summed E-state index contributed by atoms with van der Waals surface area (Å²) in [4.78, 5) is 12.3. The second-order valence-electron chi connectivity index (χ2n) is 8.33. The molecule has 28 heavy (non-hydrogen) atoms. The molecule has 8 nitrogen and oxygen atoms in total. The Bertz CT molecular complexity index is 799. The zero-order valence-electron chi connectivity index (χ0n) is 15.9. The van der Waals surface area contributed by atoms with Crippen molar-refractivity contribution >= 4 is 5.78 Å². The molecule has 8 heteroatoms. The first-order chi connectivity index (χ1) is 13.8.